The Hall–Kier alpha value is -1.88. The number of carbonyl (C=O) groups is 1. The van der Waals surface area contributed by atoms with Gasteiger partial charge in [0.2, 0.25) is 5.91 Å². The first-order valence-electron chi connectivity index (χ1n) is 6.74. The van der Waals surface area contributed by atoms with Crippen molar-refractivity contribution in [3.63, 3.8) is 0 Å². The van der Waals surface area contributed by atoms with Crippen LogP contribution in [0.15, 0.2) is 29.6 Å². The number of rotatable bonds is 3. The smallest absolute Gasteiger partial charge is 0.248 e. The highest BCUT2D eigenvalue weighted by atomic mass is 32.1. The molecule has 0 radical (unpaired) electrons. The lowest BCUT2D eigenvalue weighted by atomic mass is 10.1. The zero-order valence-corrected chi connectivity index (χ0v) is 12.3. The van der Waals surface area contributed by atoms with E-state index in [1.54, 1.807) is 0 Å². The zero-order valence-electron chi connectivity index (χ0n) is 11.5. The summed E-state index contributed by atoms with van der Waals surface area (Å²) >= 11 is 1.48. The summed E-state index contributed by atoms with van der Waals surface area (Å²) in [6.07, 6.45) is 0.727. The lowest BCUT2D eigenvalue weighted by Gasteiger charge is -2.10. The van der Waals surface area contributed by atoms with E-state index in [1.165, 1.54) is 16.9 Å². The molecule has 1 aliphatic rings. The molecular formula is C15H17N3OS. The van der Waals surface area contributed by atoms with Crippen molar-refractivity contribution in [2.45, 2.75) is 32.2 Å². The van der Waals surface area contributed by atoms with Gasteiger partial charge in [-0.2, -0.15) is 0 Å². The highest BCUT2D eigenvalue weighted by Crippen LogP contribution is 2.26. The van der Waals surface area contributed by atoms with Crippen LogP contribution in [-0.2, 0) is 11.2 Å². The van der Waals surface area contributed by atoms with Gasteiger partial charge in [-0.05, 0) is 17.5 Å². The normalized spacial score (nSPS) is 16.9. The summed E-state index contributed by atoms with van der Waals surface area (Å²) in [7, 11) is 0. The van der Waals surface area contributed by atoms with E-state index < -0.39 is 0 Å². The third-order valence-electron chi connectivity index (χ3n) is 3.43. The first-order chi connectivity index (χ1) is 9.63. The van der Waals surface area contributed by atoms with E-state index in [9.17, 15) is 4.79 Å². The predicted octanol–water partition coefficient (Wildman–Crippen LogP) is 3.24. The predicted molar refractivity (Wildman–Crippen MR) is 82.4 cm³/mol. The summed E-state index contributed by atoms with van der Waals surface area (Å²) in [5.41, 5.74) is 3.26. The minimum absolute atomic E-state index is 0.0224. The molecule has 20 heavy (non-hydrogen) atoms. The number of hydrogen-bond acceptors (Lipinski definition) is 4. The molecule has 0 fully saturated rings. The highest BCUT2D eigenvalue weighted by molar-refractivity contribution is 7.13. The second-order valence-electron chi connectivity index (χ2n) is 5.28. The van der Waals surface area contributed by atoms with Gasteiger partial charge in [-0.3, -0.25) is 4.79 Å². The number of nitrogens with one attached hydrogen (secondary N) is 2. The summed E-state index contributed by atoms with van der Waals surface area (Å²) in [6.45, 7) is 4.19. The minimum Gasteiger partial charge on any atom is -0.373 e. The van der Waals surface area contributed by atoms with Crippen molar-refractivity contribution in [1.82, 2.24) is 4.98 Å². The standard InChI is InChI=1S/C15H17N3OS/c1-9(2)13-8-20-15(17-13)18-14(19)12-7-10-5-3-4-6-11(10)16-12/h3-6,8-9,12,16H,7H2,1-2H3,(H,17,18,19). The average Bonchev–Trinajstić information content (AvgIpc) is 3.04. The van der Waals surface area contributed by atoms with Crippen LogP contribution in [0.1, 0.15) is 31.0 Å². The molecule has 0 spiro atoms. The molecule has 4 nitrogen and oxygen atoms in total. The van der Waals surface area contributed by atoms with Crippen LogP contribution in [0.25, 0.3) is 0 Å². The van der Waals surface area contributed by atoms with E-state index in [4.69, 9.17) is 0 Å². The van der Waals surface area contributed by atoms with Gasteiger partial charge in [0.15, 0.2) is 5.13 Å². The van der Waals surface area contributed by atoms with E-state index in [-0.39, 0.29) is 11.9 Å². The maximum Gasteiger partial charge on any atom is 0.248 e. The molecule has 0 aliphatic carbocycles. The number of hydrogen-bond donors (Lipinski definition) is 2. The maximum absolute atomic E-state index is 12.3. The van der Waals surface area contributed by atoms with Gasteiger partial charge in [0, 0.05) is 17.5 Å². The number of nitrogens with zero attached hydrogens (tertiary/aromatic N) is 1. The Morgan fingerprint density at radius 3 is 2.95 bits per heavy atom. The van der Waals surface area contributed by atoms with Crippen molar-refractivity contribution in [2.75, 3.05) is 10.6 Å². The minimum atomic E-state index is -0.209. The number of amides is 1. The average molecular weight is 287 g/mol. The van der Waals surface area contributed by atoms with Gasteiger partial charge in [0.25, 0.3) is 0 Å². The molecule has 2 N–H and O–H groups in total. The summed E-state index contributed by atoms with van der Waals surface area (Å²) in [5.74, 6) is 0.358. The number of anilines is 2. The first kappa shape index (κ1) is 13.1. The number of para-hydroxylation sites is 1. The molecule has 1 atom stereocenters. The molecule has 0 saturated heterocycles. The highest BCUT2D eigenvalue weighted by Gasteiger charge is 2.26. The van der Waals surface area contributed by atoms with Gasteiger partial charge >= 0.3 is 0 Å². The van der Waals surface area contributed by atoms with Crippen molar-refractivity contribution in [3.8, 4) is 0 Å². The van der Waals surface area contributed by atoms with Gasteiger partial charge < -0.3 is 10.6 Å². The molecule has 0 saturated carbocycles. The fourth-order valence-corrected chi connectivity index (χ4v) is 3.13. The SMILES string of the molecule is CC(C)c1csc(NC(=O)C2Cc3ccccc3N2)n1. The van der Waals surface area contributed by atoms with Crippen LogP contribution in [0, 0.1) is 0 Å². The van der Waals surface area contributed by atoms with E-state index in [0.29, 0.717) is 11.0 Å². The fourth-order valence-electron chi connectivity index (χ4n) is 2.26. The Morgan fingerprint density at radius 1 is 1.45 bits per heavy atom. The van der Waals surface area contributed by atoms with Gasteiger partial charge in [0.05, 0.1) is 5.69 Å². The summed E-state index contributed by atoms with van der Waals surface area (Å²) < 4.78 is 0. The van der Waals surface area contributed by atoms with E-state index >= 15 is 0 Å². The van der Waals surface area contributed by atoms with Crippen molar-refractivity contribution in [1.29, 1.82) is 0 Å². The van der Waals surface area contributed by atoms with Crippen LogP contribution in [0.3, 0.4) is 0 Å². The summed E-state index contributed by atoms with van der Waals surface area (Å²) in [4.78, 5) is 16.7. The number of fused-ring (bicyclic) bond motifs is 1. The van der Waals surface area contributed by atoms with Gasteiger partial charge in [-0.15, -0.1) is 11.3 Å². The van der Waals surface area contributed by atoms with E-state index in [1.807, 2.05) is 23.6 Å². The lowest BCUT2D eigenvalue weighted by Crippen LogP contribution is -2.32. The maximum atomic E-state index is 12.3. The zero-order chi connectivity index (χ0) is 14.1. The molecule has 104 valence electrons. The molecule has 1 aliphatic heterocycles. The third kappa shape index (κ3) is 2.54. The van der Waals surface area contributed by atoms with Crippen LogP contribution in [0.5, 0.6) is 0 Å². The van der Waals surface area contributed by atoms with Crippen LogP contribution >= 0.6 is 11.3 Å². The molecule has 1 unspecified atom stereocenters. The monoisotopic (exact) mass is 287 g/mol. The fraction of sp³-hybridized carbons (Fsp3) is 0.333. The number of benzene rings is 1. The molecule has 1 aromatic carbocycles. The molecule has 1 amide bonds. The van der Waals surface area contributed by atoms with Crippen molar-refractivity contribution < 1.29 is 4.79 Å². The number of thiazole rings is 1. The lowest BCUT2D eigenvalue weighted by molar-refractivity contribution is -0.116. The summed E-state index contributed by atoms with van der Waals surface area (Å²) in [5, 5.41) is 8.82. The van der Waals surface area contributed by atoms with Gasteiger partial charge in [0.1, 0.15) is 6.04 Å². The molecule has 1 aromatic heterocycles. The molecule has 2 heterocycles. The van der Waals surface area contributed by atoms with E-state index in [2.05, 4.69) is 35.5 Å². The van der Waals surface area contributed by atoms with Gasteiger partial charge in [-0.25, -0.2) is 4.98 Å². The number of carbonyl (C=O) groups excluding carboxylic acids is 1. The Kier molecular flexibility index (Phi) is 3.44. The molecule has 0 bridgehead atoms. The van der Waals surface area contributed by atoms with Crippen LogP contribution in [0.4, 0.5) is 10.8 Å². The third-order valence-corrected chi connectivity index (χ3v) is 4.21. The summed E-state index contributed by atoms with van der Waals surface area (Å²) in [6, 6.07) is 7.82. The topological polar surface area (TPSA) is 54.0 Å². The molecular weight excluding hydrogens is 270 g/mol. The largest absolute Gasteiger partial charge is 0.373 e. The molecule has 5 heteroatoms. The second kappa shape index (κ2) is 5.25. The van der Waals surface area contributed by atoms with Gasteiger partial charge in [-0.1, -0.05) is 32.0 Å². The number of aromatic nitrogens is 1. The quantitative estimate of drug-likeness (QED) is 0.911. The Morgan fingerprint density at radius 2 is 2.25 bits per heavy atom. The van der Waals surface area contributed by atoms with Crippen molar-refractivity contribution in [3.05, 3.63) is 40.9 Å². The van der Waals surface area contributed by atoms with Crippen LogP contribution in [0.2, 0.25) is 0 Å². The molecule has 3 rings (SSSR count). The first-order valence-corrected chi connectivity index (χ1v) is 7.62. The Labute approximate surface area is 122 Å². The van der Waals surface area contributed by atoms with Crippen LogP contribution < -0.4 is 10.6 Å². The van der Waals surface area contributed by atoms with E-state index in [0.717, 1.165) is 17.8 Å². The van der Waals surface area contributed by atoms with Crippen LogP contribution in [-0.4, -0.2) is 16.9 Å². The molecule has 2 aromatic rings. The Balaban J connectivity index is 1.66. The Bertz CT molecular complexity index is 611. The van der Waals surface area contributed by atoms with Crippen molar-refractivity contribution in [2.24, 2.45) is 0 Å². The second-order valence-corrected chi connectivity index (χ2v) is 6.14. The van der Waals surface area contributed by atoms with Crippen molar-refractivity contribution >= 4 is 28.1 Å².